The maximum absolute atomic E-state index is 11.3. The third-order valence-electron chi connectivity index (χ3n) is 1.51. The Balaban J connectivity index is 2.82. The van der Waals surface area contributed by atoms with Crippen LogP contribution in [0, 0.1) is 14.9 Å². The van der Waals surface area contributed by atoms with Crippen LogP contribution in [0.1, 0.15) is 10.4 Å². The summed E-state index contributed by atoms with van der Waals surface area (Å²) >= 11 is 7.92. The highest BCUT2D eigenvalue weighted by Crippen LogP contribution is 2.19. The second kappa shape index (κ2) is 5.17. The first-order valence-electron chi connectivity index (χ1n) is 3.75. The first-order valence-corrected chi connectivity index (χ1v) is 5.21. The normalized spacial score (nSPS) is 9.21. The molecule has 1 rings (SSSR count). The number of carbonyl (C=O) groups is 1. The molecule has 0 aromatic heterocycles. The van der Waals surface area contributed by atoms with Crippen molar-refractivity contribution >= 4 is 40.1 Å². The van der Waals surface area contributed by atoms with E-state index < -0.39 is 0 Å². The number of carbonyl (C=O) groups excluding carboxylic acids is 1. The highest BCUT2D eigenvalue weighted by molar-refractivity contribution is 14.1. The number of hydrogen-bond acceptors (Lipinski definition) is 2. The maximum atomic E-state index is 11.3. The zero-order valence-corrected chi connectivity index (χ0v) is 9.96. The SMILES string of the molecule is N#CCNC(=O)c1ccc(I)c(Cl)c1. The fraction of sp³-hybridized carbons (Fsp3) is 0.111. The molecule has 0 atom stereocenters. The van der Waals surface area contributed by atoms with Crippen LogP contribution in [-0.2, 0) is 0 Å². The Hall–Kier alpha value is -0.800. The molecule has 5 heteroatoms. The number of rotatable bonds is 2. The number of benzene rings is 1. The van der Waals surface area contributed by atoms with Crippen LogP contribution in [0.3, 0.4) is 0 Å². The second-order valence-electron chi connectivity index (χ2n) is 2.47. The molecule has 0 aliphatic rings. The van der Waals surface area contributed by atoms with Gasteiger partial charge in [0.25, 0.3) is 5.91 Å². The lowest BCUT2D eigenvalue weighted by molar-refractivity contribution is 0.0958. The molecule has 0 aliphatic carbocycles. The minimum Gasteiger partial charge on any atom is -0.339 e. The minimum absolute atomic E-state index is 0.00242. The van der Waals surface area contributed by atoms with E-state index in [1.54, 1.807) is 18.2 Å². The molecule has 0 aliphatic heterocycles. The average Bonchev–Trinajstić information content (AvgIpc) is 2.18. The molecule has 72 valence electrons. The van der Waals surface area contributed by atoms with Gasteiger partial charge in [-0.15, -0.1) is 0 Å². The number of nitrogens with one attached hydrogen (secondary N) is 1. The van der Waals surface area contributed by atoms with Gasteiger partial charge in [-0.3, -0.25) is 4.79 Å². The van der Waals surface area contributed by atoms with Crippen LogP contribution in [-0.4, -0.2) is 12.5 Å². The predicted octanol–water partition coefficient (Wildman–Crippen LogP) is 2.20. The van der Waals surface area contributed by atoms with Gasteiger partial charge >= 0.3 is 0 Å². The van der Waals surface area contributed by atoms with E-state index in [2.05, 4.69) is 27.9 Å². The molecule has 0 fully saturated rings. The lowest BCUT2D eigenvalue weighted by Crippen LogP contribution is -2.23. The number of nitrogens with zero attached hydrogens (tertiary/aromatic N) is 1. The molecule has 1 aromatic carbocycles. The summed E-state index contributed by atoms with van der Waals surface area (Å²) in [7, 11) is 0. The summed E-state index contributed by atoms with van der Waals surface area (Å²) in [5, 5.41) is 11.2. The van der Waals surface area contributed by atoms with Crippen LogP contribution in [0.4, 0.5) is 0 Å². The maximum Gasteiger partial charge on any atom is 0.252 e. The van der Waals surface area contributed by atoms with Crippen LogP contribution >= 0.6 is 34.2 Å². The van der Waals surface area contributed by atoms with Gasteiger partial charge < -0.3 is 5.32 Å². The van der Waals surface area contributed by atoms with E-state index in [1.165, 1.54) is 0 Å². The summed E-state index contributed by atoms with van der Waals surface area (Å²) < 4.78 is 0.890. The lowest BCUT2D eigenvalue weighted by Gasteiger charge is -2.02. The zero-order chi connectivity index (χ0) is 10.6. The Morgan fingerprint density at radius 1 is 1.64 bits per heavy atom. The van der Waals surface area contributed by atoms with Gasteiger partial charge in [0.05, 0.1) is 11.1 Å². The van der Waals surface area contributed by atoms with E-state index in [4.69, 9.17) is 16.9 Å². The second-order valence-corrected chi connectivity index (χ2v) is 4.04. The Morgan fingerprint density at radius 2 is 2.36 bits per heavy atom. The van der Waals surface area contributed by atoms with E-state index in [0.717, 1.165) is 3.57 Å². The summed E-state index contributed by atoms with van der Waals surface area (Å²) in [6, 6.07) is 6.83. The van der Waals surface area contributed by atoms with Crippen molar-refractivity contribution in [3.05, 3.63) is 32.4 Å². The summed E-state index contributed by atoms with van der Waals surface area (Å²) in [6.45, 7) is 0.00242. The largest absolute Gasteiger partial charge is 0.339 e. The van der Waals surface area contributed by atoms with Gasteiger partial charge in [-0.25, -0.2) is 0 Å². The Bertz CT molecular complexity index is 400. The van der Waals surface area contributed by atoms with E-state index >= 15 is 0 Å². The zero-order valence-electron chi connectivity index (χ0n) is 7.05. The van der Waals surface area contributed by atoms with Crippen LogP contribution < -0.4 is 5.32 Å². The van der Waals surface area contributed by atoms with Crippen LogP contribution in [0.2, 0.25) is 5.02 Å². The van der Waals surface area contributed by atoms with E-state index in [-0.39, 0.29) is 12.5 Å². The monoisotopic (exact) mass is 320 g/mol. The highest BCUT2D eigenvalue weighted by atomic mass is 127. The molecule has 14 heavy (non-hydrogen) atoms. The lowest BCUT2D eigenvalue weighted by atomic mass is 10.2. The van der Waals surface area contributed by atoms with Crippen molar-refractivity contribution in [2.45, 2.75) is 0 Å². The Labute approximate surface area is 100 Å². The Kier molecular flexibility index (Phi) is 4.17. The van der Waals surface area contributed by atoms with Gasteiger partial charge in [0.2, 0.25) is 0 Å². The summed E-state index contributed by atoms with van der Waals surface area (Å²) in [5.74, 6) is -0.287. The van der Waals surface area contributed by atoms with Gasteiger partial charge in [0, 0.05) is 9.13 Å². The summed E-state index contributed by atoms with van der Waals surface area (Å²) in [6.07, 6.45) is 0. The molecule has 0 spiro atoms. The summed E-state index contributed by atoms with van der Waals surface area (Å²) in [4.78, 5) is 11.3. The highest BCUT2D eigenvalue weighted by Gasteiger charge is 2.06. The van der Waals surface area contributed by atoms with Crippen molar-refractivity contribution < 1.29 is 4.79 Å². The molecule has 3 nitrogen and oxygen atoms in total. The van der Waals surface area contributed by atoms with E-state index in [9.17, 15) is 4.79 Å². The molecule has 1 N–H and O–H groups in total. The molecule has 1 aromatic rings. The minimum atomic E-state index is -0.287. The van der Waals surface area contributed by atoms with Gasteiger partial charge in [-0.2, -0.15) is 5.26 Å². The van der Waals surface area contributed by atoms with Crippen molar-refractivity contribution in [3.8, 4) is 6.07 Å². The molecular formula is C9H6ClIN2O. The van der Waals surface area contributed by atoms with Crippen molar-refractivity contribution in [1.82, 2.24) is 5.32 Å². The first-order chi connectivity index (χ1) is 6.65. The number of nitriles is 1. The molecule has 0 bridgehead atoms. The number of halogens is 2. The molecule has 0 unspecified atom stereocenters. The number of amides is 1. The summed E-state index contributed by atoms with van der Waals surface area (Å²) in [5.41, 5.74) is 0.464. The third-order valence-corrected chi connectivity index (χ3v) is 3.08. The molecule has 0 radical (unpaired) electrons. The van der Waals surface area contributed by atoms with Crippen LogP contribution in [0.25, 0.3) is 0 Å². The van der Waals surface area contributed by atoms with Crippen molar-refractivity contribution in [3.63, 3.8) is 0 Å². The molecule has 0 saturated heterocycles. The van der Waals surface area contributed by atoms with Crippen molar-refractivity contribution in [2.24, 2.45) is 0 Å². The third kappa shape index (κ3) is 2.86. The fourth-order valence-electron chi connectivity index (χ4n) is 0.859. The topological polar surface area (TPSA) is 52.9 Å². The van der Waals surface area contributed by atoms with Gasteiger partial charge in [-0.05, 0) is 40.8 Å². The van der Waals surface area contributed by atoms with Gasteiger partial charge in [0.15, 0.2) is 0 Å². The van der Waals surface area contributed by atoms with Crippen molar-refractivity contribution in [1.29, 1.82) is 5.26 Å². The quantitative estimate of drug-likeness (QED) is 0.671. The van der Waals surface area contributed by atoms with Crippen LogP contribution in [0.15, 0.2) is 18.2 Å². The van der Waals surface area contributed by atoms with Crippen LogP contribution in [0.5, 0.6) is 0 Å². The van der Waals surface area contributed by atoms with Gasteiger partial charge in [0.1, 0.15) is 6.54 Å². The van der Waals surface area contributed by atoms with Gasteiger partial charge in [-0.1, -0.05) is 11.6 Å². The smallest absolute Gasteiger partial charge is 0.252 e. The average molecular weight is 321 g/mol. The standard InChI is InChI=1S/C9H6ClIN2O/c10-7-5-6(1-2-8(7)11)9(14)13-4-3-12/h1-2,5H,4H2,(H,13,14). The first kappa shape index (κ1) is 11.3. The molecule has 1 amide bonds. The molecule has 0 heterocycles. The number of hydrogen-bond donors (Lipinski definition) is 1. The van der Waals surface area contributed by atoms with E-state index in [1.807, 2.05) is 6.07 Å². The van der Waals surface area contributed by atoms with Crippen molar-refractivity contribution in [2.75, 3.05) is 6.54 Å². The Morgan fingerprint density at radius 3 is 2.93 bits per heavy atom. The fourth-order valence-corrected chi connectivity index (χ4v) is 1.38. The van der Waals surface area contributed by atoms with E-state index in [0.29, 0.717) is 10.6 Å². The predicted molar refractivity (Wildman–Crippen MR) is 62.1 cm³/mol. The molecule has 0 saturated carbocycles. The molecular weight excluding hydrogens is 314 g/mol.